The molecule has 5 nitrogen and oxygen atoms in total. The van der Waals surface area contributed by atoms with Crippen LogP contribution in [0, 0.1) is 24.0 Å². The van der Waals surface area contributed by atoms with Crippen molar-refractivity contribution in [1.82, 2.24) is 0 Å². The second-order valence-corrected chi connectivity index (χ2v) is 5.67. The summed E-state index contributed by atoms with van der Waals surface area (Å²) in [5.41, 5.74) is 1.89. The number of aryl methyl sites for hydroxylation is 2. The van der Waals surface area contributed by atoms with Crippen molar-refractivity contribution in [2.75, 3.05) is 0 Å². The van der Waals surface area contributed by atoms with Crippen molar-refractivity contribution >= 4 is 17.0 Å². The normalized spacial score (nSPS) is 12.2. The zero-order valence-electron chi connectivity index (χ0n) is 11.4. The minimum atomic E-state index is -0.754. The van der Waals surface area contributed by atoms with Gasteiger partial charge in [-0.1, -0.05) is 29.0 Å². The van der Waals surface area contributed by atoms with Gasteiger partial charge in [-0.05, 0) is 32.4 Å². The summed E-state index contributed by atoms with van der Waals surface area (Å²) >= 11 is 1.09. The Kier molecular flexibility index (Phi) is 4.06. The van der Waals surface area contributed by atoms with E-state index in [1.165, 1.54) is 6.07 Å². The molecule has 1 aromatic carbocycles. The third-order valence-electron chi connectivity index (χ3n) is 2.84. The number of hydrogen-bond donors (Lipinski definition) is 1. The van der Waals surface area contributed by atoms with Gasteiger partial charge < -0.3 is 9.84 Å². The van der Waals surface area contributed by atoms with E-state index in [-0.39, 0.29) is 10.8 Å². The quantitative estimate of drug-likeness (QED) is 0.680. The van der Waals surface area contributed by atoms with Gasteiger partial charge in [-0.2, -0.15) is 0 Å². The maximum Gasteiger partial charge on any atom is 0.323 e. The Morgan fingerprint density at radius 3 is 2.60 bits per heavy atom. The molecule has 0 radical (unpaired) electrons. The Morgan fingerprint density at radius 2 is 2.05 bits per heavy atom. The van der Waals surface area contributed by atoms with Gasteiger partial charge in [-0.15, -0.1) is 0 Å². The molecule has 0 bridgehead atoms. The largest absolute Gasteiger partial charge is 0.440 e. The molecule has 2 aromatic rings. The molecule has 0 saturated carbocycles. The van der Waals surface area contributed by atoms with Crippen LogP contribution in [0.1, 0.15) is 29.0 Å². The maximum atomic E-state index is 11.0. The summed E-state index contributed by atoms with van der Waals surface area (Å²) in [5.74, 6) is 0.581. The van der Waals surface area contributed by atoms with Crippen LogP contribution >= 0.6 is 11.3 Å². The van der Waals surface area contributed by atoms with Crippen molar-refractivity contribution in [1.29, 1.82) is 0 Å². The lowest BCUT2D eigenvalue weighted by Crippen LogP contribution is -1.91. The van der Waals surface area contributed by atoms with E-state index in [9.17, 15) is 15.2 Å². The lowest BCUT2D eigenvalue weighted by atomic mass is 10.1. The van der Waals surface area contributed by atoms with Crippen LogP contribution in [0.25, 0.3) is 0 Å². The minimum Gasteiger partial charge on any atom is -0.440 e. The molecule has 1 aromatic heterocycles. The van der Waals surface area contributed by atoms with E-state index in [0.717, 1.165) is 22.5 Å². The van der Waals surface area contributed by atoms with Gasteiger partial charge in [0.05, 0.1) is 11.0 Å². The highest BCUT2D eigenvalue weighted by Crippen LogP contribution is 2.42. The smallest absolute Gasteiger partial charge is 0.323 e. The first kappa shape index (κ1) is 14.5. The van der Waals surface area contributed by atoms with Gasteiger partial charge in [0.2, 0.25) is 0 Å². The summed E-state index contributed by atoms with van der Waals surface area (Å²) in [7, 11) is 0. The predicted octanol–water partition coefficient (Wildman–Crippen LogP) is 4.12. The Balaban J connectivity index is 2.39. The van der Waals surface area contributed by atoms with Gasteiger partial charge in [-0.3, -0.25) is 10.1 Å². The molecule has 0 aliphatic carbocycles. The number of hydrogen-bond acceptors (Lipinski definition) is 5. The Morgan fingerprint density at radius 1 is 1.35 bits per heavy atom. The van der Waals surface area contributed by atoms with Crippen LogP contribution in [0.15, 0.2) is 24.3 Å². The minimum absolute atomic E-state index is 0.120. The number of aliphatic hydroxyl groups is 1. The monoisotopic (exact) mass is 293 g/mol. The molecule has 106 valence electrons. The van der Waals surface area contributed by atoms with Gasteiger partial charge in [0.15, 0.2) is 0 Å². The predicted molar refractivity (Wildman–Crippen MR) is 77.6 cm³/mol. The number of ether oxygens (including phenoxy) is 1. The average molecular weight is 293 g/mol. The summed E-state index contributed by atoms with van der Waals surface area (Å²) in [6.07, 6.45) is -0.754. The van der Waals surface area contributed by atoms with Crippen LogP contribution in [-0.4, -0.2) is 10.0 Å². The van der Waals surface area contributed by atoms with Crippen molar-refractivity contribution < 1.29 is 14.8 Å². The molecular weight excluding hydrogens is 278 g/mol. The zero-order chi connectivity index (χ0) is 14.9. The van der Waals surface area contributed by atoms with E-state index in [0.29, 0.717) is 10.6 Å². The fourth-order valence-electron chi connectivity index (χ4n) is 1.80. The maximum absolute atomic E-state index is 11.0. The molecule has 0 amide bonds. The van der Waals surface area contributed by atoms with Crippen molar-refractivity contribution in [3.8, 4) is 10.8 Å². The standard InChI is InChI=1S/C14H15NO4S/c1-8-4-5-12(9(2)6-8)19-14-11(15(17)18)7-13(20-14)10(3)16/h4-7,10,16H,1-3H3. The van der Waals surface area contributed by atoms with Crippen LogP contribution in [0.4, 0.5) is 5.69 Å². The molecular formula is C14H15NO4S. The summed E-state index contributed by atoms with van der Waals surface area (Å²) in [5, 5.41) is 20.8. The molecule has 2 rings (SSSR count). The molecule has 6 heteroatoms. The van der Waals surface area contributed by atoms with E-state index in [1.54, 1.807) is 13.0 Å². The van der Waals surface area contributed by atoms with Crippen LogP contribution in [0.5, 0.6) is 10.8 Å². The van der Waals surface area contributed by atoms with Crippen LogP contribution in [0.3, 0.4) is 0 Å². The first-order valence-electron chi connectivity index (χ1n) is 6.09. The highest BCUT2D eigenvalue weighted by molar-refractivity contribution is 7.14. The fourth-order valence-corrected chi connectivity index (χ4v) is 2.73. The summed E-state index contributed by atoms with van der Waals surface area (Å²) < 4.78 is 5.65. The molecule has 0 saturated heterocycles. The molecule has 1 heterocycles. The fraction of sp³-hybridized carbons (Fsp3) is 0.286. The SMILES string of the molecule is Cc1ccc(Oc2sc(C(C)O)cc2[N+](=O)[O-])c(C)c1. The third kappa shape index (κ3) is 2.97. The highest BCUT2D eigenvalue weighted by Gasteiger charge is 2.23. The zero-order valence-corrected chi connectivity index (χ0v) is 12.2. The molecule has 0 fully saturated rings. The van der Waals surface area contributed by atoms with Crippen LogP contribution in [-0.2, 0) is 0 Å². The van der Waals surface area contributed by atoms with Gasteiger partial charge in [-0.25, -0.2) is 0 Å². The number of rotatable bonds is 4. The van der Waals surface area contributed by atoms with E-state index < -0.39 is 11.0 Å². The van der Waals surface area contributed by atoms with E-state index in [2.05, 4.69) is 0 Å². The van der Waals surface area contributed by atoms with Gasteiger partial charge in [0.25, 0.3) is 5.06 Å². The van der Waals surface area contributed by atoms with E-state index in [4.69, 9.17) is 4.74 Å². The average Bonchev–Trinajstić information content (AvgIpc) is 2.77. The lowest BCUT2D eigenvalue weighted by molar-refractivity contribution is -0.385. The van der Waals surface area contributed by atoms with Crippen molar-refractivity contribution in [3.05, 3.63) is 50.4 Å². The number of nitrogens with zero attached hydrogens (tertiary/aromatic N) is 1. The summed E-state index contributed by atoms with van der Waals surface area (Å²) in [4.78, 5) is 11.0. The van der Waals surface area contributed by atoms with Gasteiger partial charge in [0.1, 0.15) is 5.75 Å². The lowest BCUT2D eigenvalue weighted by Gasteiger charge is -2.07. The Bertz CT molecular complexity index is 649. The highest BCUT2D eigenvalue weighted by atomic mass is 32.1. The second kappa shape index (κ2) is 5.60. The molecule has 20 heavy (non-hydrogen) atoms. The van der Waals surface area contributed by atoms with E-state index >= 15 is 0 Å². The number of benzene rings is 1. The first-order chi connectivity index (χ1) is 9.38. The van der Waals surface area contributed by atoms with E-state index in [1.807, 2.05) is 26.0 Å². The van der Waals surface area contributed by atoms with Crippen molar-refractivity contribution in [2.24, 2.45) is 0 Å². The third-order valence-corrected chi connectivity index (χ3v) is 4.01. The number of aliphatic hydroxyl groups excluding tert-OH is 1. The van der Waals surface area contributed by atoms with Crippen molar-refractivity contribution in [2.45, 2.75) is 26.9 Å². The van der Waals surface area contributed by atoms with Gasteiger partial charge >= 0.3 is 5.69 Å². The summed E-state index contributed by atoms with van der Waals surface area (Å²) in [6.45, 7) is 5.42. The first-order valence-corrected chi connectivity index (χ1v) is 6.91. The molecule has 0 spiro atoms. The molecule has 1 N–H and O–H groups in total. The number of thiophene rings is 1. The van der Waals surface area contributed by atoms with Crippen LogP contribution < -0.4 is 4.74 Å². The Hall–Kier alpha value is -1.92. The molecule has 0 aliphatic heterocycles. The molecule has 1 unspecified atom stereocenters. The second-order valence-electron chi connectivity index (χ2n) is 4.63. The number of nitro groups is 1. The molecule has 0 aliphatic rings. The summed E-state index contributed by atoms with van der Waals surface area (Å²) in [6, 6.07) is 6.98. The van der Waals surface area contributed by atoms with Gasteiger partial charge in [0, 0.05) is 10.9 Å². The van der Waals surface area contributed by atoms with Crippen LogP contribution in [0.2, 0.25) is 0 Å². The van der Waals surface area contributed by atoms with Crippen molar-refractivity contribution in [3.63, 3.8) is 0 Å². The topological polar surface area (TPSA) is 72.6 Å². The Labute approximate surface area is 120 Å². The molecule has 1 atom stereocenters.